The lowest BCUT2D eigenvalue weighted by Crippen LogP contribution is -2.05. The Balaban J connectivity index is 2.12. The monoisotopic (exact) mass is 273 g/mol. The molecule has 20 heavy (non-hydrogen) atoms. The maximum Gasteiger partial charge on any atom is 0.337 e. The van der Waals surface area contributed by atoms with Gasteiger partial charge in [0, 0.05) is 12.1 Å². The Labute approximate surface area is 115 Å². The van der Waals surface area contributed by atoms with E-state index in [9.17, 15) is 9.70 Å². The minimum atomic E-state index is -1.03. The van der Waals surface area contributed by atoms with Gasteiger partial charge in [0.1, 0.15) is 5.65 Å². The first kappa shape index (κ1) is 12.8. The van der Waals surface area contributed by atoms with Crippen molar-refractivity contribution in [1.82, 2.24) is 9.38 Å². The second-order valence-corrected chi connectivity index (χ2v) is 5.20. The number of aromatic nitrogens is 2. The molecule has 6 heteroatoms. The van der Waals surface area contributed by atoms with Crippen molar-refractivity contribution in [2.45, 2.75) is 38.0 Å². The van der Waals surface area contributed by atoms with Crippen LogP contribution in [0.1, 0.15) is 54.1 Å². The quantitative estimate of drug-likeness (QED) is 0.867. The molecule has 0 saturated heterocycles. The van der Waals surface area contributed by atoms with Crippen molar-refractivity contribution in [3.8, 4) is 0 Å². The summed E-state index contributed by atoms with van der Waals surface area (Å²) in [5.41, 5.74) is 1.41. The number of carbonyl (C=O) groups is 1. The van der Waals surface area contributed by atoms with E-state index in [0.717, 1.165) is 25.7 Å². The summed E-state index contributed by atoms with van der Waals surface area (Å²) in [6.07, 6.45) is 6.93. The summed E-state index contributed by atoms with van der Waals surface area (Å²) >= 11 is 0. The van der Waals surface area contributed by atoms with E-state index in [1.165, 1.54) is 23.1 Å². The highest BCUT2D eigenvalue weighted by atomic mass is 16.4. The van der Waals surface area contributed by atoms with Crippen molar-refractivity contribution in [3.63, 3.8) is 0 Å². The van der Waals surface area contributed by atoms with Gasteiger partial charge in [0.2, 0.25) is 5.82 Å². The minimum absolute atomic E-state index is 0.120. The molecule has 1 saturated carbocycles. The number of fused-ring (bicyclic) bond motifs is 1. The second-order valence-electron chi connectivity index (χ2n) is 5.20. The molecule has 6 nitrogen and oxygen atoms in total. The Bertz CT molecular complexity index is 672. The number of imidazole rings is 1. The Morgan fingerprint density at radius 3 is 2.70 bits per heavy atom. The molecule has 0 aromatic carbocycles. The molecule has 3 rings (SSSR count). The standard InChI is InChI=1S/C14H15N3O3/c18-14(19)10-6-7-11-15-12(9-4-2-1-3-5-9)13(16-20)17(11)8-10/h6-9H,1-5H2,(H,18,19). The van der Waals surface area contributed by atoms with Crippen LogP contribution in [0.5, 0.6) is 0 Å². The van der Waals surface area contributed by atoms with E-state index in [0.29, 0.717) is 11.3 Å². The predicted octanol–water partition coefficient (Wildman–Crippen LogP) is 3.48. The van der Waals surface area contributed by atoms with Gasteiger partial charge in [0.25, 0.3) is 0 Å². The van der Waals surface area contributed by atoms with Gasteiger partial charge in [-0.25, -0.2) is 9.78 Å². The number of hydrogen-bond donors (Lipinski definition) is 1. The first-order valence-corrected chi connectivity index (χ1v) is 6.79. The zero-order valence-electron chi connectivity index (χ0n) is 11.0. The van der Waals surface area contributed by atoms with Gasteiger partial charge in [-0.05, 0) is 30.2 Å². The van der Waals surface area contributed by atoms with Crippen LogP contribution >= 0.6 is 0 Å². The molecule has 1 N–H and O–H groups in total. The van der Waals surface area contributed by atoms with Gasteiger partial charge in [-0.1, -0.05) is 19.3 Å². The number of pyridine rings is 1. The van der Waals surface area contributed by atoms with Gasteiger partial charge >= 0.3 is 5.97 Å². The first-order chi connectivity index (χ1) is 9.70. The lowest BCUT2D eigenvalue weighted by molar-refractivity contribution is 0.0696. The molecule has 0 unspecified atom stereocenters. The molecule has 0 spiro atoms. The summed E-state index contributed by atoms with van der Waals surface area (Å²) in [6.45, 7) is 0. The average molecular weight is 273 g/mol. The third-order valence-corrected chi connectivity index (χ3v) is 3.94. The molecule has 2 aromatic heterocycles. The van der Waals surface area contributed by atoms with Crippen molar-refractivity contribution in [2.24, 2.45) is 5.18 Å². The highest BCUT2D eigenvalue weighted by Gasteiger charge is 2.24. The van der Waals surface area contributed by atoms with E-state index >= 15 is 0 Å². The van der Waals surface area contributed by atoms with Gasteiger partial charge in [-0.3, -0.25) is 4.40 Å². The molecule has 1 aliphatic rings. The van der Waals surface area contributed by atoms with Crippen LogP contribution in [0.4, 0.5) is 5.82 Å². The summed E-state index contributed by atoms with van der Waals surface area (Å²) in [5, 5.41) is 12.1. The summed E-state index contributed by atoms with van der Waals surface area (Å²) in [7, 11) is 0. The minimum Gasteiger partial charge on any atom is -0.478 e. The molecule has 2 heterocycles. The molecule has 2 aromatic rings. The van der Waals surface area contributed by atoms with Crippen LogP contribution in [0.25, 0.3) is 5.65 Å². The molecule has 0 bridgehead atoms. The van der Waals surface area contributed by atoms with Crippen molar-refractivity contribution < 1.29 is 9.90 Å². The molecular weight excluding hydrogens is 258 g/mol. The molecular formula is C14H15N3O3. The largest absolute Gasteiger partial charge is 0.478 e. The third kappa shape index (κ3) is 2.07. The van der Waals surface area contributed by atoms with Crippen LogP contribution in [-0.4, -0.2) is 20.5 Å². The maximum absolute atomic E-state index is 11.2. The molecule has 104 valence electrons. The Kier molecular flexibility index (Phi) is 3.22. The first-order valence-electron chi connectivity index (χ1n) is 6.79. The van der Waals surface area contributed by atoms with Gasteiger partial charge in [-0.15, -0.1) is 4.91 Å². The summed E-state index contributed by atoms with van der Waals surface area (Å²) in [5.74, 6) is -0.531. The second kappa shape index (κ2) is 5.03. The van der Waals surface area contributed by atoms with Crippen LogP contribution < -0.4 is 0 Å². The Morgan fingerprint density at radius 2 is 2.05 bits per heavy atom. The van der Waals surface area contributed by atoms with E-state index in [4.69, 9.17) is 5.11 Å². The third-order valence-electron chi connectivity index (χ3n) is 3.94. The smallest absolute Gasteiger partial charge is 0.337 e. The lowest BCUT2D eigenvalue weighted by Gasteiger charge is -2.19. The molecule has 1 fully saturated rings. The van der Waals surface area contributed by atoms with Crippen LogP contribution in [0.15, 0.2) is 23.5 Å². The molecule has 1 aliphatic carbocycles. The fraction of sp³-hybridized carbons (Fsp3) is 0.429. The SMILES string of the molecule is O=Nc1c(C2CCCCC2)nc2ccc(C(=O)O)cn12. The fourth-order valence-corrected chi connectivity index (χ4v) is 2.92. The van der Waals surface area contributed by atoms with E-state index in [-0.39, 0.29) is 17.3 Å². The van der Waals surface area contributed by atoms with E-state index in [2.05, 4.69) is 10.2 Å². The normalized spacial score (nSPS) is 16.4. The number of rotatable bonds is 3. The number of nitroso groups, excluding NO2 is 1. The van der Waals surface area contributed by atoms with E-state index < -0.39 is 5.97 Å². The molecule has 0 radical (unpaired) electrons. The fourth-order valence-electron chi connectivity index (χ4n) is 2.92. The molecule has 0 aliphatic heterocycles. The van der Waals surface area contributed by atoms with Crippen molar-refractivity contribution in [3.05, 3.63) is 34.5 Å². The highest BCUT2D eigenvalue weighted by Crippen LogP contribution is 2.37. The summed E-state index contributed by atoms with van der Waals surface area (Å²) < 4.78 is 1.49. The maximum atomic E-state index is 11.2. The number of nitrogens with zero attached hydrogens (tertiary/aromatic N) is 3. The van der Waals surface area contributed by atoms with Crippen molar-refractivity contribution >= 4 is 17.4 Å². The molecule has 0 amide bonds. The van der Waals surface area contributed by atoms with Crippen LogP contribution in [0.2, 0.25) is 0 Å². The highest BCUT2D eigenvalue weighted by molar-refractivity contribution is 5.87. The Hall–Kier alpha value is -2.24. The van der Waals surface area contributed by atoms with Gasteiger partial charge in [0.05, 0.1) is 11.3 Å². The Morgan fingerprint density at radius 1 is 1.30 bits per heavy atom. The average Bonchev–Trinajstić information content (AvgIpc) is 2.85. The van der Waals surface area contributed by atoms with Crippen LogP contribution in [0, 0.1) is 4.91 Å². The zero-order chi connectivity index (χ0) is 14.1. The van der Waals surface area contributed by atoms with E-state index in [1.54, 1.807) is 6.07 Å². The number of hydrogen-bond acceptors (Lipinski definition) is 4. The van der Waals surface area contributed by atoms with Crippen molar-refractivity contribution in [1.29, 1.82) is 0 Å². The van der Waals surface area contributed by atoms with E-state index in [1.807, 2.05) is 0 Å². The van der Waals surface area contributed by atoms with Crippen LogP contribution in [0.3, 0.4) is 0 Å². The molecule has 0 atom stereocenters. The van der Waals surface area contributed by atoms with Crippen LogP contribution in [-0.2, 0) is 0 Å². The number of aromatic carboxylic acids is 1. The van der Waals surface area contributed by atoms with Gasteiger partial charge in [0.15, 0.2) is 0 Å². The number of carboxylic acid groups (broad SMARTS) is 1. The number of carboxylic acids is 1. The van der Waals surface area contributed by atoms with Gasteiger partial charge in [-0.2, -0.15) is 0 Å². The van der Waals surface area contributed by atoms with Gasteiger partial charge < -0.3 is 5.11 Å². The summed E-state index contributed by atoms with van der Waals surface area (Å²) in [4.78, 5) is 26.7. The van der Waals surface area contributed by atoms with Crippen molar-refractivity contribution in [2.75, 3.05) is 0 Å². The zero-order valence-corrected chi connectivity index (χ0v) is 11.0. The predicted molar refractivity (Wildman–Crippen MR) is 73.4 cm³/mol. The lowest BCUT2D eigenvalue weighted by atomic mass is 9.87. The topological polar surface area (TPSA) is 84.0 Å². The summed E-state index contributed by atoms with van der Waals surface area (Å²) in [6, 6.07) is 3.11.